The zero-order chi connectivity index (χ0) is 22.1. The maximum absolute atomic E-state index is 13.1. The van der Waals surface area contributed by atoms with Crippen LogP contribution in [0.1, 0.15) is 36.3 Å². The molecular weight excluding hydrogens is 531 g/mol. The second kappa shape index (κ2) is 8.85. The summed E-state index contributed by atoms with van der Waals surface area (Å²) < 4.78 is 25.9. The molecular formula is C23H17Br2FN2O3. The predicted octanol–water partition coefficient (Wildman–Crippen LogP) is 5.74. The fraction of sp³-hybridized carbons (Fsp3) is 0.217. The number of halogens is 3. The first-order valence-electron chi connectivity index (χ1n) is 9.59. The van der Waals surface area contributed by atoms with Crippen LogP contribution in [0.25, 0.3) is 0 Å². The number of hydrogen-bond acceptors (Lipinski definition) is 5. The van der Waals surface area contributed by atoms with E-state index in [0.717, 1.165) is 11.1 Å². The highest BCUT2D eigenvalue weighted by Crippen LogP contribution is 2.46. The van der Waals surface area contributed by atoms with Gasteiger partial charge in [-0.1, -0.05) is 12.1 Å². The van der Waals surface area contributed by atoms with E-state index in [-0.39, 0.29) is 29.7 Å². The van der Waals surface area contributed by atoms with Crippen LogP contribution in [0.15, 0.2) is 68.1 Å². The summed E-state index contributed by atoms with van der Waals surface area (Å²) in [5, 5.41) is 9.72. The molecule has 1 atom stereocenters. The Bertz CT molecular complexity index is 1140. The summed E-state index contributed by atoms with van der Waals surface area (Å²) in [6.07, 6.45) is 1.72. The fourth-order valence-corrected chi connectivity index (χ4v) is 5.26. The van der Waals surface area contributed by atoms with Crippen molar-refractivity contribution >= 4 is 37.6 Å². The lowest BCUT2D eigenvalue weighted by atomic mass is 9.77. The standard InChI is InChI=1S/C23H17Br2FN2O3/c24-16-8-13(9-17(25)22(16)30-11-12-4-6-14(26)7-5-12)20-15(10-27)23(28)31-19-3-1-2-18(29)21(19)20/h4-9,20H,1-3,11,28H2/t20-/m0/s1. The summed E-state index contributed by atoms with van der Waals surface area (Å²) in [6.45, 7) is 0.248. The summed E-state index contributed by atoms with van der Waals surface area (Å²) in [5.41, 5.74) is 8.26. The second-order valence-electron chi connectivity index (χ2n) is 7.27. The van der Waals surface area contributed by atoms with Gasteiger partial charge in [-0.2, -0.15) is 5.26 Å². The van der Waals surface area contributed by atoms with Gasteiger partial charge in [0.25, 0.3) is 0 Å². The van der Waals surface area contributed by atoms with Gasteiger partial charge in [0, 0.05) is 18.4 Å². The summed E-state index contributed by atoms with van der Waals surface area (Å²) in [4.78, 5) is 12.7. The van der Waals surface area contributed by atoms with Crippen molar-refractivity contribution in [2.45, 2.75) is 31.8 Å². The van der Waals surface area contributed by atoms with Crippen molar-refractivity contribution in [3.05, 3.63) is 85.1 Å². The molecule has 0 radical (unpaired) electrons. The molecule has 2 aromatic rings. The first kappa shape index (κ1) is 21.6. The van der Waals surface area contributed by atoms with E-state index in [0.29, 0.717) is 45.3 Å². The molecule has 0 spiro atoms. The molecule has 1 aliphatic carbocycles. The van der Waals surface area contributed by atoms with E-state index in [4.69, 9.17) is 15.2 Å². The molecule has 0 saturated carbocycles. The first-order chi connectivity index (χ1) is 14.9. The maximum atomic E-state index is 13.1. The molecule has 0 amide bonds. The van der Waals surface area contributed by atoms with Gasteiger partial charge in [-0.15, -0.1) is 0 Å². The maximum Gasteiger partial charge on any atom is 0.205 e. The largest absolute Gasteiger partial charge is 0.487 e. The molecule has 2 aromatic carbocycles. The molecule has 8 heteroatoms. The number of rotatable bonds is 4. The third-order valence-corrected chi connectivity index (χ3v) is 6.43. The lowest BCUT2D eigenvalue weighted by Crippen LogP contribution is -2.27. The predicted molar refractivity (Wildman–Crippen MR) is 119 cm³/mol. The van der Waals surface area contributed by atoms with Crippen LogP contribution in [-0.2, 0) is 16.1 Å². The van der Waals surface area contributed by atoms with Gasteiger partial charge < -0.3 is 15.2 Å². The number of ketones is 1. The Morgan fingerprint density at radius 1 is 1.19 bits per heavy atom. The lowest BCUT2D eigenvalue weighted by Gasteiger charge is -2.31. The van der Waals surface area contributed by atoms with Crippen LogP contribution in [0.4, 0.5) is 4.39 Å². The highest BCUT2D eigenvalue weighted by Gasteiger charge is 2.38. The smallest absolute Gasteiger partial charge is 0.205 e. The van der Waals surface area contributed by atoms with Crippen LogP contribution in [0.3, 0.4) is 0 Å². The number of benzene rings is 2. The zero-order valence-corrected chi connectivity index (χ0v) is 19.4. The Balaban J connectivity index is 1.69. The highest BCUT2D eigenvalue weighted by molar-refractivity contribution is 9.11. The Kier molecular flexibility index (Phi) is 6.17. The van der Waals surface area contributed by atoms with Gasteiger partial charge in [0.2, 0.25) is 5.88 Å². The van der Waals surface area contributed by atoms with Crippen molar-refractivity contribution < 1.29 is 18.7 Å². The van der Waals surface area contributed by atoms with Crippen LogP contribution >= 0.6 is 31.9 Å². The van der Waals surface area contributed by atoms with Gasteiger partial charge in [-0.05, 0) is 73.7 Å². The Hall–Kier alpha value is -2.63. The third kappa shape index (κ3) is 4.25. The van der Waals surface area contributed by atoms with Crippen LogP contribution in [0.5, 0.6) is 5.75 Å². The number of carbonyl (C=O) groups is 1. The quantitative estimate of drug-likeness (QED) is 0.527. The van der Waals surface area contributed by atoms with Crippen molar-refractivity contribution in [1.82, 2.24) is 0 Å². The number of Topliss-reactive ketones (excluding diaryl/α,β-unsaturated/α-hetero) is 1. The van der Waals surface area contributed by atoms with E-state index >= 15 is 0 Å². The molecule has 1 aliphatic heterocycles. The Morgan fingerprint density at radius 2 is 1.87 bits per heavy atom. The number of ether oxygens (including phenoxy) is 2. The summed E-state index contributed by atoms with van der Waals surface area (Å²) in [5.74, 6) is 0.195. The Labute approximate surface area is 195 Å². The summed E-state index contributed by atoms with van der Waals surface area (Å²) in [7, 11) is 0. The van der Waals surface area contributed by atoms with E-state index in [1.165, 1.54) is 12.1 Å². The molecule has 0 aromatic heterocycles. The van der Waals surface area contributed by atoms with Crippen molar-refractivity contribution in [3.63, 3.8) is 0 Å². The highest BCUT2D eigenvalue weighted by atomic mass is 79.9. The number of nitrogens with zero attached hydrogens (tertiary/aromatic N) is 1. The van der Waals surface area contributed by atoms with Crippen LogP contribution in [0.2, 0.25) is 0 Å². The van der Waals surface area contributed by atoms with Gasteiger partial charge in [0.05, 0.1) is 14.9 Å². The lowest BCUT2D eigenvalue weighted by molar-refractivity contribution is -0.116. The van der Waals surface area contributed by atoms with Gasteiger partial charge in [0.15, 0.2) is 5.78 Å². The van der Waals surface area contributed by atoms with Crippen molar-refractivity contribution in [2.24, 2.45) is 5.73 Å². The van der Waals surface area contributed by atoms with Crippen LogP contribution in [0, 0.1) is 17.1 Å². The average Bonchev–Trinajstić information content (AvgIpc) is 2.73. The topological polar surface area (TPSA) is 85.3 Å². The summed E-state index contributed by atoms with van der Waals surface area (Å²) in [6, 6.07) is 11.8. The van der Waals surface area contributed by atoms with Gasteiger partial charge >= 0.3 is 0 Å². The van der Waals surface area contributed by atoms with Gasteiger partial charge in [-0.3, -0.25) is 4.79 Å². The van der Waals surface area contributed by atoms with E-state index in [2.05, 4.69) is 37.9 Å². The molecule has 0 saturated heterocycles. The van der Waals surface area contributed by atoms with E-state index in [1.807, 2.05) is 12.1 Å². The number of nitrogens with two attached hydrogens (primary N) is 1. The SMILES string of the molecule is N#CC1=C(N)OC2=C(C(=O)CCC2)[C@H]1c1cc(Br)c(OCc2ccc(F)cc2)c(Br)c1. The van der Waals surface area contributed by atoms with Crippen LogP contribution < -0.4 is 10.5 Å². The van der Waals surface area contributed by atoms with Crippen LogP contribution in [-0.4, -0.2) is 5.78 Å². The normalized spacial score (nSPS) is 18.4. The van der Waals surface area contributed by atoms with E-state index in [1.54, 1.807) is 12.1 Å². The van der Waals surface area contributed by atoms with E-state index < -0.39 is 5.92 Å². The van der Waals surface area contributed by atoms with Gasteiger partial charge in [0.1, 0.15) is 35.6 Å². The minimum atomic E-state index is -0.597. The second-order valence-corrected chi connectivity index (χ2v) is 8.98. The minimum Gasteiger partial charge on any atom is -0.487 e. The monoisotopic (exact) mass is 546 g/mol. The first-order valence-corrected chi connectivity index (χ1v) is 11.2. The van der Waals surface area contributed by atoms with Gasteiger partial charge in [-0.25, -0.2) is 4.39 Å². The third-order valence-electron chi connectivity index (χ3n) is 5.26. The molecule has 5 nitrogen and oxygen atoms in total. The fourth-order valence-electron chi connectivity index (χ4n) is 3.81. The molecule has 31 heavy (non-hydrogen) atoms. The van der Waals surface area contributed by atoms with E-state index in [9.17, 15) is 14.4 Å². The number of nitriles is 1. The molecule has 0 fully saturated rings. The number of allylic oxidation sites excluding steroid dienone is 3. The minimum absolute atomic E-state index is 0.0321. The molecule has 158 valence electrons. The number of carbonyl (C=O) groups excluding carboxylic acids is 1. The van der Waals surface area contributed by atoms with Crippen molar-refractivity contribution in [1.29, 1.82) is 5.26 Å². The molecule has 2 N–H and O–H groups in total. The van der Waals surface area contributed by atoms with Crippen molar-refractivity contribution in [2.75, 3.05) is 0 Å². The Morgan fingerprint density at radius 3 is 2.52 bits per heavy atom. The number of hydrogen-bond donors (Lipinski definition) is 1. The molecule has 2 aliphatic rings. The average molecular weight is 548 g/mol. The molecule has 0 bridgehead atoms. The molecule has 0 unspecified atom stereocenters. The van der Waals surface area contributed by atoms with Crippen molar-refractivity contribution in [3.8, 4) is 11.8 Å². The zero-order valence-electron chi connectivity index (χ0n) is 16.3. The molecule has 1 heterocycles. The summed E-state index contributed by atoms with van der Waals surface area (Å²) >= 11 is 7.06. The molecule has 4 rings (SSSR count).